The van der Waals surface area contributed by atoms with Gasteiger partial charge < -0.3 is 9.72 Å². The van der Waals surface area contributed by atoms with Crippen LogP contribution in [0.3, 0.4) is 0 Å². The molecule has 0 saturated heterocycles. The summed E-state index contributed by atoms with van der Waals surface area (Å²) in [5.41, 5.74) is 1.73. The second kappa shape index (κ2) is 3.90. The van der Waals surface area contributed by atoms with Crippen LogP contribution in [0.5, 0.6) is 0 Å². The standard InChI is InChI=1S/C11H9BrFNO2/c1-5-8-7(4-3-6(13)9(8)12)14-10(5)11(15)16-2/h3-4,14H,1-2H3. The van der Waals surface area contributed by atoms with Gasteiger partial charge >= 0.3 is 5.97 Å². The zero-order valence-corrected chi connectivity index (χ0v) is 10.3. The number of aromatic amines is 1. The number of carbonyl (C=O) groups excluding carboxylic acids is 1. The Morgan fingerprint density at radius 2 is 2.19 bits per heavy atom. The normalized spacial score (nSPS) is 10.8. The van der Waals surface area contributed by atoms with E-state index in [2.05, 4.69) is 25.7 Å². The number of aryl methyl sites for hydroxylation is 1. The number of carbonyl (C=O) groups is 1. The van der Waals surface area contributed by atoms with Crippen LogP contribution in [0.25, 0.3) is 10.9 Å². The highest BCUT2D eigenvalue weighted by atomic mass is 79.9. The maximum absolute atomic E-state index is 13.3. The predicted octanol–water partition coefficient (Wildman–Crippen LogP) is 3.16. The van der Waals surface area contributed by atoms with E-state index in [0.29, 0.717) is 26.6 Å². The third kappa shape index (κ3) is 1.51. The smallest absolute Gasteiger partial charge is 0.354 e. The molecule has 1 aromatic heterocycles. The fourth-order valence-corrected chi connectivity index (χ4v) is 2.32. The SMILES string of the molecule is COC(=O)c1[nH]c2ccc(F)c(Br)c2c1C. The van der Waals surface area contributed by atoms with Crippen LogP contribution < -0.4 is 0 Å². The number of esters is 1. The van der Waals surface area contributed by atoms with Gasteiger partial charge in [0.1, 0.15) is 11.5 Å². The largest absolute Gasteiger partial charge is 0.464 e. The molecule has 0 aliphatic carbocycles. The highest BCUT2D eigenvalue weighted by Crippen LogP contribution is 2.31. The molecule has 2 rings (SSSR count). The quantitative estimate of drug-likeness (QED) is 0.818. The fourth-order valence-electron chi connectivity index (χ4n) is 1.68. The lowest BCUT2D eigenvalue weighted by molar-refractivity contribution is 0.0594. The van der Waals surface area contributed by atoms with Gasteiger partial charge in [0, 0.05) is 10.9 Å². The number of methoxy groups -OCH3 is 1. The van der Waals surface area contributed by atoms with Crippen LogP contribution >= 0.6 is 15.9 Å². The first-order valence-electron chi connectivity index (χ1n) is 4.61. The van der Waals surface area contributed by atoms with E-state index in [0.717, 1.165) is 0 Å². The highest BCUT2D eigenvalue weighted by Gasteiger charge is 2.18. The van der Waals surface area contributed by atoms with Crippen LogP contribution in [0, 0.1) is 12.7 Å². The van der Waals surface area contributed by atoms with Crippen molar-refractivity contribution in [2.45, 2.75) is 6.92 Å². The maximum Gasteiger partial charge on any atom is 0.354 e. The molecule has 0 fully saturated rings. The molecular formula is C11H9BrFNO2. The number of rotatable bonds is 1. The Labute approximate surface area is 99.7 Å². The van der Waals surface area contributed by atoms with E-state index in [1.165, 1.54) is 13.2 Å². The molecule has 1 aromatic carbocycles. The van der Waals surface area contributed by atoms with E-state index in [1.807, 2.05) is 0 Å². The number of aromatic nitrogens is 1. The zero-order valence-electron chi connectivity index (χ0n) is 8.73. The number of hydrogen-bond acceptors (Lipinski definition) is 2. The molecule has 0 aliphatic heterocycles. The van der Waals surface area contributed by atoms with Crippen molar-refractivity contribution in [2.24, 2.45) is 0 Å². The van der Waals surface area contributed by atoms with Crippen LogP contribution in [-0.2, 0) is 4.74 Å². The minimum atomic E-state index is -0.457. The lowest BCUT2D eigenvalue weighted by atomic mass is 10.1. The third-order valence-corrected chi connectivity index (χ3v) is 3.27. The van der Waals surface area contributed by atoms with Crippen LogP contribution in [0.15, 0.2) is 16.6 Å². The van der Waals surface area contributed by atoms with Gasteiger partial charge in [0.2, 0.25) is 0 Å². The molecule has 1 N–H and O–H groups in total. The predicted molar refractivity (Wildman–Crippen MR) is 62.0 cm³/mol. The van der Waals surface area contributed by atoms with Gasteiger partial charge in [0.15, 0.2) is 0 Å². The van der Waals surface area contributed by atoms with Crippen LogP contribution in [0.1, 0.15) is 16.1 Å². The first-order chi connectivity index (χ1) is 7.56. The monoisotopic (exact) mass is 285 g/mol. The number of hydrogen-bond donors (Lipinski definition) is 1. The maximum atomic E-state index is 13.3. The van der Waals surface area contributed by atoms with Crippen molar-refractivity contribution in [1.29, 1.82) is 0 Å². The van der Waals surface area contributed by atoms with Gasteiger partial charge in [-0.15, -0.1) is 0 Å². The van der Waals surface area contributed by atoms with Crippen LogP contribution in [0.2, 0.25) is 0 Å². The fraction of sp³-hybridized carbons (Fsp3) is 0.182. The van der Waals surface area contributed by atoms with Crippen molar-refractivity contribution in [3.05, 3.63) is 33.7 Å². The van der Waals surface area contributed by atoms with Gasteiger partial charge in [-0.25, -0.2) is 9.18 Å². The molecule has 0 bridgehead atoms. The second-order valence-electron chi connectivity index (χ2n) is 3.40. The summed E-state index contributed by atoms with van der Waals surface area (Å²) < 4.78 is 18.3. The molecule has 84 valence electrons. The minimum Gasteiger partial charge on any atom is -0.464 e. The van der Waals surface area contributed by atoms with Gasteiger partial charge in [0.25, 0.3) is 0 Å². The Morgan fingerprint density at radius 1 is 1.50 bits per heavy atom. The number of benzene rings is 1. The van der Waals surface area contributed by atoms with Gasteiger partial charge in [0.05, 0.1) is 11.6 Å². The van der Waals surface area contributed by atoms with E-state index in [9.17, 15) is 9.18 Å². The van der Waals surface area contributed by atoms with Crippen molar-refractivity contribution < 1.29 is 13.9 Å². The zero-order chi connectivity index (χ0) is 11.9. The number of halogens is 2. The Balaban J connectivity index is 2.79. The summed E-state index contributed by atoms with van der Waals surface area (Å²) >= 11 is 3.17. The van der Waals surface area contributed by atoms with E-state index in [1.54, 1.807) is 13.0 Å². The van der Waals surface area contributed by atoms with Gasteiger partial charge in [-0.05, 0) is 40.5 Å². The van der Waals surface area contributed by atoms with Crippen molar-refractivity contribution in [3.8, 4) is 0 Å². The van der Waals surface area contributed by atoms with E-state index in [-0.39, 0.29) is 5.82 Å². The molecule has 0 unspecified atom stereocenters. The Hall–Kier alpha value is -1.36. The topological polar surface area (TPSA) is 42.1 Å². The molecule has 3 nitrogen and oxygen atoms in total. The molecule has 1 heterocycles. The molecule has 0 amide bonds. The van der Waals surface area contributed by atoms with Crippen LogP contribution in [-0.4, -0.2) is 18.1 Å². The van der Waals surface area contributed by atoms with E-state index in [4.69, 9.17) is 0 Å². The number of H-pyrrole nitrogens is 1. The van der Waals surface area contributed by atoms with Crippen molar-refractivity contribution in [2.75, 3.05) is 7.11 Å². The van der Waals surface area contributed by atoms with Crippen molar-refractivity contribution in [1.82, 2.24) is 4.98 Å². The average molecular weight is 286 g/mol. The second-order valence-corrected chi connectivity index (χ2v) is 4.19. The molecule has 0 spiro atoms. The number of ether oxygens (including phenoxy) is 1. The molecular weight excluding hydrogens is 277 g/mol. The lowest BCUT2D eigenvalue weighted by Crippen LogP contribution is -2.02. The van der Waals surface area contributed by atoms with Gasteiger partial charge in [-0.3, -0.25) is 0 Å². The highest BCUT2D eigenvalue weighted by molar-refractivity contribution is 9.10. The summed E-state index contributed by atoms with van der Waals surface area (Å²) in [6.45, 7) is 1.75. The summed E-state index contributed by atoms with van der Waals surface area (Å²) in [5, 5.41) is 0.667. The minimum absolute atomic E-state index is 0.351. The molecule has 0 saturated carbocycles. The third-order valence-electron chi connectivity index (χ3n) is 2.49. The number of fused-ring (bicyclic) bond motifs is 1. The summed E-state index contributed by atoms with van der Waals surface area (Å²) in [6, 6.07) is 2.93. The summed E-state index contributed by atoms with van der Waals surface area (Å²) in [4.78, 5) is 14.3. The summed E-state index contributed by atoms with van der Waals surface area (Å²) in [7, 11) is 1.31. The summed E-state index contributed by atoms with van der Waals surface area (Å²) in [5.74, 6) is -0.813. The lowest BCUT2D eigenvalue weighted by Gasteiger charge is -1.98. The molecule has 2 aromatic rings. The molecule has 0 radical (unpaired) electrons. The Bertz CT molecular complexity index is 577. The average Bonchev–Trinajstić information content (AvgIpc) is 2.61. The molecule has 5 heteroatoms. The van der Waals surface area contributed by atoms with Crippen LogP contribution in [0.4, 0.5) is 4.39 Å². The Morgan fingerprint density at radius 3 is 2.81 bits per heavy atom. The molecule has 0 atom stereocenters. The van der Waals surface area contributed by atoms with Crippen molar-refractivity contribution in [3.63, 3.8) is 0 Å². The Kier molecular flexibility index (Phi) is 2.71. The first-order valence-corrected chi connectivity index (χ1v) is 5.40. The first kappa shape index (κ1) is 11.1. The number of nitrogens with one attached hydrogen (secondary N) is 1. The molecule has 0 aliphatic rings. The van der Waals surface area contributed by atoms with E-state index >= 15 is 0 Å². The van der Waals surface area contributed by atoms with E-state index < -0.39 is 5.97 Å². The van der Waals surface area contributed by atoms with Gasteiger partial charge in [-0.1, -0.05) is 0 Å². The van der Waals surface area contributed by atoms with Crippen molar-refractivity contribution >= 4 is 32.8 Å². The van der Waals surface area contributed by atoms with Gasteiger partial charge in [-0.2, -0.15) is 0 Å². The summed E-state index contributed by atoms with van der Waals surface area (Å²) in [6.07, 6.45) is 0. The molecule has 16 heavy (non-hydrogen) atoms.